The normalized spacial score (nSPS) is 9.63. The van der Waals surface area contributed by atoms with Gasteiger partial charge in [0.1, 0.15) is 12.1 Å². The third kappa shape index (κ3) is 2.70. The number of rotatable bonds is 3. The monoisotopic (exact) mass is 314 g/mol. The summed E-state index contributed by atoms with van der Waals surface area (Å²) in [6, 6.07) is 10.7. The summed E-state index contributed by atoms with van der Waals surface area (Å²) in [5.74, 6) is -0.153. The Hall–Kier alpha value is -2.44. The van der Waals surface area contributed by atoms with E-state index < -0.39 is 0 Å². The highest BCUT2D eigenvalue weighted by molar-refractivity contribution is 9.10. The van der Waals surface area contributed by atoms with Crippen LogP contribution in [-0.4, -0.2) is 15.3 Å². The van der Waals surface area contributed by atoms with Gasteiger partial charge in [0.25, 0.3) is 0 Å². The second-order valence-corrected chi connectivity index (χ2v) is 4.64. The molecule has 0 radical (unpaired) electrons. The quantitative estimate of drug-likeness (QED) is 0.814. The molecule has 0 spiro atoms. The van der Waals surface area contributed by atoms with Crippen LogP contribution in [0, 0.1) is 22.7 Å². The Balaban J connectivity index is 2.28. The van der Waals surface area contributed by atoms with Gasteiger partial charge < -0.3 is 4.57 Å². The molecular formula is C13H7BrN4O. The molecule has 6 heteroatoms. The number of nitrogens with zero attached hydrogens (tertiary/aromatic N) is 4. The molecule has 19 heavy (non-hydrogen) atoms. The van der Waals surface area contributed by atoms with Gasteiger partial charge in [0.15, 0.2) is 17.2 Å². The molecule has 0 fully saturated rings. The highest BCUT2D eigenvalue weighted by Crippen LogP contribution is 2.13. The number of imidazole rings is 1. The van der Waals surface area contributed by atoms with Crippen LogP contribution in [0.4, 0.5) is 0 Å². The molecule has 0 bridgehead atoms. The first-order valence-electron chi connectivity index (χ1n) is 5.30. The summed E-state index contributed by atoms with van der Waals surface area (Å²) in [6.45, 7) is -0.0198. The topological polar surface area (TPSA) is 82.5 Å². The number of Topliss-reactive ketones (excluding diaryl/α,β-unsaturated/α-hetero) is 1. The van der Waals surface area contributed by atoms with E-state index in [4.69, 9.17) is 10.5 Å². The molecule has 0 atom stereocenters. The highest BCUT2D eigenvalue weighted by Gasteiger charge is 2.14. The summed E-state index contributed by atoms with van der Waals surface area (Å²) in [6.07, 6.45) is 1.33. The van der Waals surface area contributed by atoms with Crippen molar-refractivity contribution in [3.63, 3.8) is 0 Å². The number of nitriles is 2. The Bertz CT molecular complexity index is 721. The molecule has 2 aromatic rings. The molecule has 2 rings (SSSR count). The van der Waals surface area contributed by atoms with E-state index in [0.717, 1.165) is 4.47 Å². The van der Waals surface area contributed by atoms with Crippen LogP contribution in [0.2, 0.25) is 0 Å². The molecule has 5 nitrogen and oxygen atoms in total. The molecule has 0 aliphatic rings. The van der Waals surface area contributed by atoms with E-state index in [1.54, 1.807) is 18.2 Å². The summed E-state index contributed by atoms with van der Waals surface area (Å²) in [7, 11) is 0. The van der Waals surface area contributed by atoms with Crippen molar-refractivity contribution in [2.24, 2.45) is 0 Å². The largest absolute Gasteiger partial charge is 0.313 e. The van der Waals surface area contributed by atoms with Crippen molar-refractivity contribution in [1.29, 1.82) is 10.5 Å². The first kappa shape index (κ1) is 13.0. The van der Waals surface area contributed by atoms with Crippen LogP contribution in [0.15, 0.2) is 35.1 Å². The Morgan fingerprint density at radius 1 is 1.37 bits per heavy atom. The van der Waals surface area contributed by atoms with Gasteiger partial charge in [0.05, 0.1) is 12.9 Å². The second-order valence-electron chi connectivity index (χ2n) is 3.73. The zero-order valence-corrected chi connectivity index (χ0v) is 11.3. The van der Waals surface area contributed by atoms with Gasteiger partial charge in [-0.05, 0) is 12.1 Å². The fourth-order valence-corrected chi connectivity index (χ4v) is 2.01. The number of benzene rings is 1. The zero-order chi connectivity index (χ0) is 13.8. The van der Waals surface area contributed by atoms with Crippen LogP contribution >= 0.6 is 15.9 Å². The summed E-state index contributed by atoms with van der Waals surface area (Å²) in [5.41, 5.74) is 0.667. The summed E-state index contributed by atoms with van der Waals surface area (Å²) in [4.78, 5) is 15.9. The van der Waals surface area contributed by atoms with E-state index in [2.05, 4.69) is 20.9 Å². The smallest absolute Gasteiger partial charge is 0.182 e. The standard InChI is InChI=1S/C13H7BrN4O/c14-10-3-1-2-9(4-10)13(19)7-18-8-17-11(5-15)12(18)6-16/h1-4,8H,7H2. The third-order valence-electron chi connectivity index (χ3n) is 2.51. The van der Waals surface area contributed by atoms with Gasteiger partial charge in [0.2, 0.25) is 0 Å². The lowest BCUT2D eigenvalue weighted by Gasteiger charge is -2.03. The molecular weight excluding hydrogens is 308 g/mol. The molecule has 1 aromatic heterocycles. The minimum absolute atomic E-state index is 0.0198. The summed E-state index contributed by atoms with van der Waals surface area (Å²) in [5, 5.41) is 17.7. The van der Waals surface area contributed by atoms with Crippen molar-refractivity contribution in [2.75, 3.05) is 0 Å². The number of carbonyl (C=O) groups excluding carboxylic acids is 1. The average Bonchev–Trinajstić information content (AvgIpc) is 2.80. The predicted molar refractivity (Wildman–Crippen MR) is 70.1 cm³/mol. The first-order valence-corrected chi connectivity index (χ1v) is 6.09. The molecule has 0 unspecified atom stereocenters. The van der Waals surface area contributed by atoms with Crippen molar-refractivity contribution >= 4 is 21.7 Å². The number of hydrogen-bond donors (Lipinski definition) is 0. The van der Waals surface area contributed by atoms with Crippen LogP contribution < -0.4 is 0 Å². The zero-order valence-electron chi connectivity index (χ0n) is 9.67. The molecule has 0 saturated carbocycles. The second kappa shape index (κ2) is 5.47. The number of ketones is 1. The lowest BCUT2D eigenvalue weighted by molar-refractivity contribution is 0.0971. The molecule has 0 amide bonds. The van der Waals surface area contributed by atoms with E-state index in [9.17, 15) is 4.79 Å². The van der Waals surface area contributed by atoms with Gasteiger partial charge in [0, 0.05) is 10.0 Å². The maximum atomic E-state index is 12.1. The fraction of sp³-hybridized carbons (Fsp3) is 0.0769. The minimum Gasteiger partial charge on any atom is -0.313 e. The van der Waals surface area contributed by atoms with Crippen molar-refractivity contribution in [3.8, 4) is 12.1 Å². The molecule has 0 aliphatic heterocycles. The van der Waals surface area contributed by atoms with Crippen molar-refractivity contribution in [3.05, 3.63) is 52.0 Å². The van der Waals surface area contributed by atoms with Gasteiger partial charge in [-0.25, -0.2) is 4.98 Å². The van der Waals surface area contributed by atoms with Gasteiger partial charge in [-0.15, -0.1) is 0 Å². The van der Waals surface area contributed by atoms with Crippen LogP contribution in [0.25, 0.3) is 0 Å². The molecule has 92 valence electrons. The van der Waals surface area contributed by atoms with Crippen LogP contribution in [0.1, 0.15) is 21.7 Å². The van der Waals surface area contributed by atoms with Crippen molar-refractivity contribution in [1.82, 2.24) is 9.55 Å². The van der Waals surface area contributed by atoms with E-state index in [-0.39, 0.29) is 23.7 Å². The van der Waals surface area contributed by atoms with Crippen molar-refractivity contribution in [2.45, 2.75) is 6.54 Å². The lowest BCUT2D eigenvalue weighted by Crippen LogP contribution is -2.11. The molecule has 0 N–H and O–H groups in total. The molecule has 0 aliphatic carbocycles. The van der Waals surface area contributed by atoms with E-state index >= 15 is 0 Å². The first-order chi connectivity index (χ1) is 9.15. The SMILES string of the molecule is N#Cc1ncn(CC(=O)c2cccc(Br)c2)c1C#N. The van der Waals surface area contributed by atoms with Crippen molar-refractivity contribution < 1.29 is 4.79 Å². The number of halogens is 1. The van der Waals surface area contributed by atoms with Gasteiger partial charge in [-0.1, -0.05) is 28.1 Å². The maximum absolute atomic E-state index is 12.1. The predicted octanol–water partition coefficient (Wildman–Crippen LogP) is 2.27. The third-order valence-corrected chi connectivity index (χ3v) is 3.00. The van der Waals surface area contributed by atoms with Crippen LogP contribution in [0.5, 0.6) is 0 Å². The Kier molecular flexibility index (Phi) is 3.74. The lowest BCUT2D eigenvalue weighted by atomic mass is 10.1. The fourth-order valence-electron chi connectivity index (χ4n) is 1.61. The number of aromatic nitrogens is 2. The molecule has 0 saturated heterocycles. The number of hydrogen-bond acceptors (Lipinski definition) is 4. The van der Waals surface area contributed by atoms with Crippen LogP contribution in [0.3, 0.4) is 0 Å². The Labute approximate surface area is 117 Å². The maximum Gasteiger partial charge on any atom is 0.182 e. The Morgan fingerprint density at radius 3 is 2.79 bits per heavy atom. The van der Waals surface area contributed by atoms with Crippen LogP contribution in [-0.2, 0) is 6.54 Å². The molecule has 1 heterocycles. The highest BCUT2D eigenvalue weighted by atomic mass is 79.9. The summed E-state index contributed by atoms with van der Waals surface area (Å²) >= 11 is 3.29. The average molecular weight is 315 g/mol. The number of carbonyl (C=O) groups is 1. The van der Waals surface area contributed by atoms with Gasteiger partial charge in [-0.2, -0.15) is 10.5 Å². The van der Waals surface area contributed by atoms with E-state index in [1.165, 1.54) is 10.9 Å². The van der Waals surface area contributed by atoms with Gasteiger partial charge >= 0.3 is 0 Å². The van der Waals surface area contributed by atoms with Gasteiger partial charge in [-0.3, -0.25) is 4.79 Å². The summed E-state index contributed by atoms with van der Waals surface area (Å²) < 4.78 is 2.18. The molecule has 1 aromatic carbocycles. The van der Waals surface area contributed by atoms with E-state index in [1.807, 2.05) is 18.2 Å². The Morgan fingerprint density at radius 2 is 2.16 bits per heavy atom. The van der Waals surface area contributed by atoms with E-state index in [0.29, 0.717) is 5.56 Å². The minimum atomic E-state index is -0.153.